The molecule has 0 spiro atoms. The highest BCUT2D eigenvalue weighted by molar-refractivity contribution is 7.89. The smallest absolute Gasteiger partial charge is 0.418 e. The van der Waals surface area contributed by atoms with Gasteiger partial charge in [-0.3, -0.25) is 0 Å². The molecule has 1 unspecified atom stereocenters. The van der Waals surface area contributed by atoms with Crippen LogP contribution in [-0.2, 0) is 22.9 Å². The van der Waals surface area contributed by atoms with Crippen LogP contribution in [0.3, 0.4) is 0 Å². The number of benzene rings is 3. The summed E-state index contributed by atoms with van der Waals surface area (Å²) in [6.07, 6.45) is -8.11. The predicted molar refractivity (Wildman–Crippen MR) is 120 cm³/mol. The largest absolute Gasteiger partial charge is 0.497 e. The molecule has 0 radical (unpaired) electrons. The number of hydrogen-bond donors (Lipinski definition) is 2. The number of sulfonamides is 1. The minimum atomic E-state index is -5.03. The van der Waals surface area contributed by atoms with E-state index in [4.69, 9.17) is 14.6 Å². The van der Waals surface area contributed by atoms with Crippen molar-refractivity contribution in [3.05, 3.63) is 88.5 Å². The van der Waals surface area contributed by atoms with E-state index in [1.54, 1.807) is 48.5 Å². The molecule has 34 heavy (non-hydrogen) atoms. The van der Waals surface area contributed by atoms with Gasteiger partial charge in [-0.25, -0.2) is 13.6 Å². The van der Waals surface area contributed by atoms with Crippen molar-refractivity contribution in [2.24, 2.45) is 5.14 Å². The third-order valence-corrected chi connectivity index (χ3v) is 6.38. The number of halogens is 3. The Balaban J connectivity index is 2.21. The molecule has 3 N–H and O–H groups in total. The zero-order chi connectivity index (χ0) is 25.1. The summed E-state index contributed by atoms with van der Waals surface area (Å²) in [6.45, 7) is 0. The monoisotopic (exact) mass is 495 g/mol. The van der Waals surface area contributed by atoms with Crippen molar-refractivity contribution in [3.63, 3.8) is 0 Å². The Morgan fingerprint density at radius 2 is 1.32 bits per heavy atom. The van der Waals surface area contributed by atoms with Crippen LogP contribution in [0.15, 0.2) is 65.6 Å². The highest BCUT2D eigenvalue weighted by atomic mass is 32.2. The molecule has 3 aromatic rings. The standard InChI is InChI=1S/C24H24F3NO5S/c1-32-18-8-3-15(4-9-18)13-17-7-12-21(34(28,30)31)20(22(17)23(29)24(25,26)27)14-16-5-10-19(33-2)11-6-16/h3-12,23,29H,13-14H2,1-2H3,(H2,28,30,31). The topological polar surface area (TPSA) is 98.9 Å². The van der Waals surface area contributed by atoms with Crippen LogP contribution in [0.25, 0.3) is 0 Å². The molecule has 3 rings (SSSR count). The maximum absolute atomic E-state index is 13.7. The van der Waals surface area contributed by atoms with Crippen molar-refractivity contribution in [1.82, 2.24) is 0 Å². The summed E-state index contributed by atoms with van der Waals surface area (Å²) in [7, 11) is -1.43. The van der Waals surface area contributed by atoms with Crippen molar-refractivity contribution < 1.29 is 36.2 Å². The number of hydrogen-bond acceptors (Lipinski definition) is 5. The zero-order valence-electron chi connectivity index (χ0n) is 18.5. The van der Waals surface area contributed by atoms with E-state index in [1.165, 1.54) is 26.4 Å². The summed E-state index contributed by atoms with van der Waals surface area (Å²) < 4.78 is 76.0. The first-order valence-electron chi connectivity index (χ1n) is 10.1. The fraction of sp³-hybridized carbons (Fsp3) is 0.250. The Labute approximate surface area is 195 Å². The van der Waals surface area contributed by atoms with Gasteiger partial charge in [-0.15, -0.1) is 0 Å². The van der Waals surface area contributed by atoms with Crippen LogP contribution in [0.1, 0.15) is 33.9 Å². The van der Waals surface area contributed by atoms with Gasteiger partial charge in [0, 0.05) is 0 Å². The molecule has 0 saturated carbocycles. The lowest BCUT2D eigenvalue weighted by Crippen LogP contribution is -2.25. The van der Waals surface area contributed by atoms with Crippen molar-refractivity contribution in [2.45, 2.75) is 30.0 Å². The molecule has 0 bridgehead atoms. The summed E-state index contributed by atoms with van der Waals surface area (Å²) in [5.74, 6) is 1.10. The highest BCUT2D eigenvalue weighted by Gasteiger charge is 2.42. The highest BCUT2D eigenvalue weighted by Crippen LogP contribution is 2.39. The molecule has 0 amide bonds. The van der Waals surface area contributed by atoms with Gasteiger partial charge in [-0.05, 0) is 71.0 Å². The molecule has 0 heterocycles. The minimum absolute atomic E-state index is 0.0208. The summed E-state index contributed by atoms with van der Waals surface area (Å²) in [4.78, 5) is -0.472. The number of nitrogens with two attached hydrogens (primary N) is 1. The van der Waals surface area contributed by atoms with E-state index in [2.05, 4.69) is 0 Å². The van der Waals surface area contributed by atoms with Crippen molar-refractivity contribution in [2.75, 3.05) is 14.2 Å². The average molecular weight is 496 g/mol. The summed E-state index contributed by atoms with van der Waals surface area (Å²) >= 11 is 0. The maximum atomic E-state index is 13.7. The third kappa shape index (κ3) is 5.88. The van der Waals surface area contributed by atoms with Gasteiger partial charge in [0.25, 0.3) is 0 Å². The molecule has 182 valence electrons. The molecular weight excluding hydrogens is 471 g/mol. The Bertz CT molecular complexity index is 1240. The lowest BCUT2D eigenvalue weighted by molar-refractivity contribution is -0.207. The molecule has 10 heteroatoms. The Hall–Kier alpha value is -3.08. The molecule has 0 aliphatic rings. The normalized spacial score (nSPS) is 12.9. The summed E-state index contributed by atoms with van der Waals surface area (Å²) in [5, 5.41) is 15.7. The molecule has 0 fully saturated rings. The summed E-state index contributed by atoms with van der Waals surface area (Å²) in [5.41, 5.74) is 0.568. The van der Waals surface area contributed by atoms with E-state index in [0.29, 0.717) is 22.6 Å². The van der Waals surface area contributed by atoms with E-state index in [1.807, 2.05) is 0 Å². The Morgan fingerprint density at radius 3 is 1.74 bits per heavy atom. The van der Waals surface area contributed by atoms with Gasteiger partial charge in [0.15, 0.2) is 6.10 Å². The molecule has 0 aliphatic carbocycles. The SMILES string of the molecule is COc1ccc(Cc2ccc(S(N)(=O)=O)c(Cc3ccc(OC)cc3)c2C(O)C(F)(F)F)cc1. The number of methoxy groups -OCH3 is 2. The van der Waals surface area contributed by atoms with Gasteiger partial charge in [0.1, 0.15) is 11.5 Å². The van der Waals surface area contributed by atoms with E-state index >= 15 is 0 Å². The van der Waals surface area contributed by atoms with Crippen LogP contribution < -0.4 is 14.6 Å². The number of aliphatic hydroxyl groups excluding tert-OH is 1. The fourth-order valence-corrected chi connectivity index (χ4v) is 4.49. The second kappa shape index (κ2) is 10.0. The van der Waals surface area contributed by atoms with Gasteiger partial charge >= 0.3 is 6.18 Å². The molecular formula is C24H24F3NO5S. The number of ether oxygens (including phenoxy) is 2. The van der Waals surface area contributed by atoms with E-state index < -0.39 is 32.8 Å². The van der Waals surface area contributed by atoms with Gasteiger partial charge in [-0.2, -0.15) is 13.2 Å². The van der Waals surface area contributed by atoms with Crippen LogP contribution in [0.4, 0.5) is 13.2 Å². The van der Waals surface area contributed by atoms with Crippen LogP contribution in [-0.4, -0.2) is 33.9 Å². The number of aliphatic hydroxyl groups is 1. The zero-order valence-corrected chi connectivity index (χ0v) is 19.3. The predicted octanol–water partition coefficient (Wildman–Crippen LogP) is 4.13. The van der Waals surface area contributed by atoms with Crippen molar-refractivity contribution in [3.8, 4) is 11.5 Å². The van der Waals surface area contributed by atoms with Gasteiger partial charge < -0.3 is 14.6 Å². The first kappa shape index (κ1) is 25.5. The van der Waals surface area contributed by atoms with Crippen LogP contribution >= 0.6 is 0 Å². The lowest BCUT2D eigenvalue weighted by atomic mass is 9.89. The quantitative estimate of drug-likeness (QED) is 0.490. The fourth-order valence-electron chi connectivity index (χ4n) is 3.71. The third-order valence-electron chi connectivity index (χ3n) is 5.39. The first-order chi connectivity index (χ1) is 15.9. The van der Waals surface area contributed by atoms with E-state index in [0.717, 1.165) is 0 Å². The lowest BCUT2D eigenvalue weighted by Gasteiger charge is -2.24. The molecule has 3 aromatic carbocycles. The number of rotatable bonds is 8. The van der Waals surface area contributed by atoms with Crippen molar-refractivity contribution in [1.29, 1.82) is 0 Å². The number of alkyl halides is 3. The van der Waals surface area contributed by atoms with E-state index in [-0.39, 0.29) is 24.0 Å². The molecule has 0 aliphatic heterocycles. The van der Waals surface area contributed by atoms with Crippen LogP contribution in [0.5, 0.6) is 11.5 Å². The Kier molecular flexibility index (Phi) is 7.54. The molecule has 0 aromatic heterocycles. The first-order valence-corrected chi connectivity index (χ1v) is 11.7. The van der Waals surface area contributed by atoms with E-state index in [9.17, 15) is 26.7 Å². The average Bonchev–Trinajstić information content (AvgIpc) is 2.78. The minimum Gasteiger partial charge on any atom is -0.497 e. The van der Waals surface area contributed by atoms with Gasteiger partial charge in [0.05, 0.1) is 19.1 Å². The summed E-state index contributed by atoms with van der Waals surface area (Å²) in [6, 6.07) is 15.5. The second-order valence-electron chi connectivity index (χ2n) is 7.65. The van der Waals surface area contributed by atoms with Gasteiger partial charge in [0.2, 0.25) is 10.0 Å². The van der Waals surface area contributed by atoms with Crippen LogP contribution in [0, 0.1) is 0 Å². The number of primary sulfonamides is 1. The van der Waals surface area contributed by atoms with Crippen molar-refractivity contribution >= 4 is 10.0 Å². The molecule has 0 saturated heterocycles. The second-order valence-corrected chi connectivity index (χ2v) is 9.18. The maximum Gasteiger partial charge on any atom is 0.418 e. The Morgan fingerprint density at radius 1 is 0.853 bits per heavy atom. The van der Waals surface area contributed by atoms with Gasteiger partial charge in [-0.1, -0.05) is 30.3 Å². The van der Waals surface area contributed by atoms with Crippen LogP contribution in [0.2, 0.25) is 0 Å². The molecule has 1 atom stereocenters. The molecule has 6 nitrogen and oxygen atoms in total.